The van der Waals surface area contributed by atoms with Crippen LogP contribution in [0.15, 0.2) is 11.3 Å². The summed E-state index contributed by atoms with van der Waals surface area (Å²) < 4.78 is 4.91. The van der Waals surface area contributed by atoms with Crippen LogP contribution in [0.3, 0.4) is 0 Å². The summed E-state index contributed by atoms with van der Waals surface area (Å²) in [4.78, 5) is 24.3. The van der Waals surface area contributed by atoms with Crippen LogP contribution in [0.4, 0.5) is 0 Å². The number of carbonyl (C=O) groups is 2. The molecule has 0 amide bonds. The molecule has 0 bridgehead atoms. The maximum Gasteiger partial charge on any atom is 0.311 e. The summed E-state index contributed by atoms with van der Waals surface area (Å²) in [6, 6.07) is 0. The average Bonchev–Trinajstić information content (AvgIpc) is 2.92. The van der Waals surface area contributed by atoms with Gasteiger partial charge in [-0.05, 0) is 50.5 Å². The van der Waals surface area contributed by atoms with Crippen LogP contribution >= 0.6 is 0 Å². The van der Waals surface area contributed by atoms with Gasteiger partial charge in [0.25, 0.3) is 0 Å². The van der Waals surface area contributed by atoms with Crippen molar-refractivity contribution < 1.29 is 24.5 Å². The second-order valence-corrected chi connectivity index (χ2v) is 7.40. The zero-order valence-corrected chi connectivity index (χ0v) is 12.9. The molecule has 0 heterocycles. The maximum atomic E-state index is 12.3. The molecule has 5 heteroatoms. The number of methoxy groups -OCH3 is 1. The van der Waals surface area contributed by atoms with Crippen molar-refractivity contribution in [2.45, 2.75) is 45.6 Å². The maximum absolute atomic E-state index is 12.3. The molecule has 0 aromatic heterocycles. The molecule has 5 unspecified atom stereocenters. The first-order chi connectivity index (χ1) is 9.61. The van der Waals surface area contributed by atoms with Gasteiger partial charge in [-0.15, -0.1) is 0 Å². The lowest BCUT2D eigenvalue weighted by atomic mass is 9.67. The zero-order valence-electron chi connectivity index (χ0n) is 12.9. The number of ketones is 1. The number of ether oxygens (including phenoxy) is 1. The van der Waals surface area contributed by atoms with E-state index >= 15 is 0 Å². The summed E-state index contributed by atoms with van der Waals surface area (Å²) in [6.45, 7) is 5.44. The fourth-order valence-corrected chi connectivity index (χ4v) is 5.19. The van der Waals surface area contributed by atoms with E-state index in [1.807, 2.05) is 13.8 Å². The topological polar surface area (TPSA) is 83.8 Å². The van der Waals surface area contributed by atoms with Gasteiger partial charge in [-0.3, -0.25) is 9.59 Å². The Morgan fingerprint density at radius 2 is 1.90 bits per heavy atom. The van der Waals surface area contributed by atoms with E-state index in [2.05, 4.69) is 0 Å². The van der Waals surface area contributed by atoms with Gasteiger partial charge < -0.3 is 14.9 Å². The Bertz CT molecular complexity index is 579. The summed E-state index contributed by atoms with van der Waals surface area (Å²) >= 11 is 0. The van der Waals surface area contributed by atoms with Gasteiger partial charge in [0.15, 0.2) is 5.76 Å². The third-order valence-electron chi connectivity index (χ3n) is 6.51. The molecule has 0 aliphatic heterocycles. The minimum absolute atomic E-state index is 0.000185. The van der Waals surface area contributed by atoms with Gasteiger partial charge in [0, 0.05) is 5.41 Å². The van der Waals surface area contributed by atoms with Crippen molar-refractivity contribution >= 4 is 11.8 Å². The summed E-state index contributed by atoms with van der Waals surface area (Å²) in [5.41, 5.74) is -2.33. The van der Waals surface area contributed by atoms with Crippen molar-refractivity contribution in [2.75, 3.05) is 7.11 Å². The number of rotatable bonds is 1. The van der Waals surface area contributed by atoms with E-state index in [0.29, 0.717) is 24.8 Å². The van der Waals surface area contributed by atoms with Crippen molar-refractivity contribution in [1.82, 2.24) is 0 Å². The first kappa shape index (κ1) is 14.6. The van der Waals surface area contributed by atoms with E-state index in [1.54, 1.807) is 6.92 Å². The molecule has 3 aliphatic rings. The van der Waals surface area contributed by atoms with Gasteiger partial charge in [-0.25, -0.2) is 0 Å². The smallest absolute Gasteiger partial charge is 0.311 e. The van der Waals surface area contributed by atoms with E-state index < -0.39 is 22.2 Å². The Morgan fingerprint density at radius 3 is 2.48 bits per heavy atom. The molecule has 3 rings (SSSR count). The molecule has 0 aromatic carbocycles. The molecular formula is C16H22O5. The number of hydrogen-bond donors (Lipinski definition) is 2. The standard InChI is InChI=1S/C16H22O5/c1-8-11(17)12(18)16(20)6-9-5-14(2,13(19)21-4)7-10(9)15(8,16)3/h9-10,17,20H,5-7H2,1-4H3. The Labute approximate surface area is 124 Å². The van der Waals surface area contributed by atoms with E-state index in [9.17, 15) is 19.8 Å². The van der Waals surface area contributed by atoms with Gasteiger partial charge in [-0.1, -0.05) is 6.92 Å². The molecule has 0 saturated heterocycles. The van der Waals surface area contributed by atoms with Crippen LogP contribution in [0.2, 0.25) is 0 Å². The highest BCUT2D eigenvalue weighted by molar-refractivity contribution is 6.05. The largest absolute Gasteiger partial charge is 0.504 e. The summed E-state index contributed by atoms with van der Waals surface area (Å²) in [5.74, 6) is -1.00. The molecule has 2 saturated carbocycles. The predicted molar refractivity (Wildman–Crippen MR) is 74.3 cm³/mol. The Balaban J connectivity index is 2.03. The Hall–Kier alpha value is -1.36. The molecule has 0 aromatic rings. The quantitative estimate of drug-likeness (QED) is 0.720. The highest BCUT2D eigenvalue weighted by atomic mass is 16.5. The number of hydrogen-bond acceptors (Lipinski definition) is 5. The normalized spacial score (nSPS) is 48.5. The lowest BCUT2D eigenvalue weighted by molar-refractivity contribution is -0.153. The van der Waals surface area contributed by atoms with E-state index in [1.165, 1.54) is 7.11 Å². The summed E-state index contributed by atoms with van der Waals surface area (Å²) in [6.07, 6.45) is 1.49. The molecule has 116 valence electrons. The third-order valence-corrected chi connectivity index (χ3v) is 6.51. The van der Waals surface area contributed by atoms with Gasteiger partial charge in [0.2, 0.25) is 5.78 Å². The van der Waals surface area contributed by atoms with Crippen LogP contribution in [0.25, 0.3) is 0 Å². The highest BCUT2D eigenvalue weighted by Gasteiger charge is 2.73. The minimum atomic E-state index is -1.52. The van der Waals surface area contributed by atoms with Gasteiger partial charge in [0.1, 0.15) is 5.60 Å². The van der Waals surface area contributed by atoms with Crippen molar-refractivity contribution in [1.29, 1.82) is 0 Å². The molecule has 2 fully saturated rings. The van der Waals surface area contributed by atoms with Crippen LogP contribution in [0.5, 0.6) is 0 Å². The summed E-state index contributed by atoms with van der Waals surface area (Å²) in [5, 5.41) is 20.9. The van der Waals surface area contributed by atoms with Crippen LogP contribution in [-0.4, -0.2) is 34.7 Å². The molecular weight excluding hydrogens is 272 g/mol. The second kappa shape index (κ2) is 3.88. The number of fused-ring (bicyclic) bond motifs is 3. The first-order valence-corrected chi connectivity index (χ1v) is 7.38. The Morgan fingerprint density at radius 1 is 1.29 bits per heavy atom. The first-order valence-electron chi connectivity index (χ1n) is 7.38. The van der Waals surface area contributed by atoms with E-state index in [4.69, 9.17) is 4.74 Å². The lowest BCUT2D eigenvalue weighted by Gasteiger charge is -2.38. The van der Waals surface area contributed by atoms with Crippen molar-refractivity contribution in [3.63, 3.8) is 0 Å². The number of esters is 1. The van der Waals surface area contributed by atoms with Crippen molar-refractivity contribution in [3.8, 4) is 0 Å². The number of Topliss-reactive ketones (excluding diaryl/α,β-unsaturated/α-hetero) is 1. The number of carbonyl (C=O) groups excluding carboxylic acids is 2. The van der Waals surface area contributed by atoms with E-state index in [-0.39, 0.29) is 23.6 Å². The molecule has 0 spiro atoms. The monoisotopic (exact) mass is 294 g/mol. The van der Waals surface area contributed by atoms with Crippen LogP contribution in [0.1, 0.15) is 40.0 Å². The van der Waals surface area contributed by atoms with E-state index in [0.717, 1.165) is 0 Å². The van der Waals surface area contributed by atoms with Crippen LogP contribution < -0.4 is 0 Å². The molecule has 3 aliphatic carbocycles. The highest BCUT2D eigenvalue weighted by Crippen LogP contribution is 2.69. The molecule has 0 radical (unpaired) electrons. The average molecular weight is 294 g/mol. The molecule has 21 heavy (non-hydrogen) atoms. The number of aliphatic hydroxyl groups excluding tert-OH is 1. The molecule has 2 N–H and O–H groups in total. The predicted octanol–water partition coefficient (Wildman–Crippen LogP) is 1.75. The van der Waals surface area contributed by atoms with Gasteiger partial charge in [-0.2, -0.15) is 0 Å². The molecule has 5 nitrogen and oxygen atoms in total. The molecule has 5 atom stereocenters. The van der Waals surface area contributed by atoms with Crippen molar-refractivity contribution in [2.24, 2.45) is 22.7 Å². The van der Waals surface area contributed by atoms with Crippen LogP contribution in [-0.2, 0) is 14.3 Å². The SMILES string of the molecule is COC(=O)C1(C)CC2CC3(O)C(=O)C(O)=C(C)C3(C)C2C1. The third kappa shape index (κ3) is 1.40. The van der Waals surface area contributed by atoms with Gasteiger partial charge >= 0.3 is 5.97 Å². The Kier molecular flexibility index (Phi) is 2.70. The number of aliphatic hydroxyl groups is 2. The van der Waals surface area contributed by atoms with Gasteiger partial charge in [0.05, 0.1) is 12.5 Å². The minimum Gasteiger partial charge on any atom is -0.504 e. The second-order valence-electron chi connectivity index (χ2n) is 7.40. The van der Waals surface area contributed by atoms with Crippen molar-refractivity contribution in [3.05, 3.63) is 11.3 Å². The zero-order chi connectivity index (χ0) is 15.8. The fraction of sp³-hybridized carbons (Fsp3) is 0.750. The van der Waals surface area contributed by atoms with Crippen LogP contribution in [0, 0.1) is 22.7 Å². The lowest BCUT2D eigenvalue weighted by Crippen LogP contribution is -2.48. The fourth-order valence-electron chi connectivity index (χ4n) is 5.19. The summed E-state index contributed by atoms with van der Waals surface area (Å²) in [7, 11) is 1.38.